The quantitative estimate of drug-likeness (QED) is 0.278. The summed E-state index contributed by atoms with van der Waals surface area (Å²) in [6.45, 7) is -0.184. The molecule has 2 N–H and O–H groups in total. The minimum atomic E-state index is -4.35. The van der Waals surface area contributed by atoms with Crippen LogP contribution in [-0.4, -0.2) is 46.6 Å². The minimum absolute atomic E-state index is 0. The summed E-state index contributed by atoms with van der Waals surface area (Å²) in [5.74, 6) is 2.16. The second kappa shape index (κ2) is 13.1. The van der Waals surface area contributed by atoms with Crippen LogP contribution in [0.1, 0.15) is 11.1 Å². The number of nitrogens with one attached hydrogen (secondary N) is 2. The molecule has 2 rings (SSSR count). The highest BCUT2D eigenvalue weighted by molar-refractivity contribution is 14.0. The number of alkyl halides is 3. The van der Waals surface area contributed by atoms with E-state index in [0.29, 0.717) is 30.5 Å². The number of ether oxygens (including phenoxy) is 3. The van der Waals surface area contributed by atoms with Crippen molar-refractivity contribution in [3.63, 3.8) is 0 Å². The van der Waals surface area contributed by atoms with E-state index >= 15 is 0 Å². The Labute approximate surface area is 197 Å². The lowest BCUT2D eigenvalue weighted by Crippen LogP contribution is -2.37. The maximum atomic E-state index is 12.2. The van der Waals surface area contributed by atoms with Crippen molar-refractivity contribution in [3.8, 4) is 17.2 Å². The van der Waals surface area contributed by atoms with E-state index in [0.717, 1.165) is 17.5 Å². The van der Waals surface area contributed by atoms with Crippen molar-refractivity contribution < 1.29 is 27.4 Å². The molecule has 172 valence electrons. The van der Waals surface area contributed by atoms with Crippen LogP contribution in [0.15, 0.2) is 47.5 Å². The van der Waals surface area contributed by atoms with Crippen molar-refractivity contribution in [2.45, 2.75) is 19.1 Å². The second-order valence-electron chi connectivity index (χ2n) is 6.34. The van der Waals surface area contributed by atoms with Crippen molar-refractivity contribution in [1.29, 1.82) is 0 Å². The fraction of sp³-hybridized carbons (Fsp3) is 0.381. The highest BCUT2D eigenvalue weighted by atomic mass is 127. The average Bonchev–Trinajstić information content (AvgIpc) is 2.74. The fourth-order valence-corrected chi connectivity index (χ4v) is 2.64. The largest absolute Gasteiger partial charge is 0.493 e. The molecular formula is C21H27F3IN3O3. The monoisotopic (exact) mass is 553 g/mol. The molecule has 10 heteroatoms. The Kier molecular flexibility index (Phi) is 11.3. The Morgan fingerprint density at radius 3 is 2.16 bits per heavy atom. The molecule has 2 aromatic rings. The molecule has 0 amide bonds. The van der Waals surface area contributed by atoms with Crippen LogP contribution in [-0.2, 0) is 13.0 Å². The van der Waals surface area contributed by atoms with Crippen LogP contribution in [0.5, 0.6) is 17.2 Å². The lowest BCUT2D eigenvalue weighted by Gasteiger charge is -2.13. The third kappa shape index (κ3) is 9.53. The summed E-state index contributed by atoms with van der Waals surface area (Å²) in [6, 6.07) is 12.2. The smallest absolute Gasteiger partial charge is 0.422 e. The van der Waals surface area contributed by atoms with Crippen LogP contribution in [0.4, 0.5) is 13.2 Å². The van der Waals surface area contributed by atoms with Gasteiger partial charge >= 0.3 is 6.18 Å². The first-order valence-electron chi connectivity index (χ1n) is 9.28. The van der Waals surface area contributed by atoms with E-state index in [2.05, 4.69) is 15.6 Å². The van der Waals surface area contributed by atoms with Crippen LogP contribution < -0.4 is 24.8 Å². The van der Waals surface area contributed by atoms with Gasteiger partial charge in [0.05, 0.1) is 14.2 Å². The summed E-state index contributed by atoms with van der Waals surface area (Å²) in [7, 11) is 4.86. The van der Waals surface area contributed by atoms with Gasteiger partial charge in [0.1, 0.15) is 5.75 Å². The number of methoxy groups -OCH3 is 2. The van der Waals surface area contributed by atoms with Crippen LogP contribution in [0.3, 0.4) is 0 Å². The Morgan fingerprint density at radius 2 is 1.58 bits per heavy atom. The number of rotatable bonds is 9. The number of nitrogens with zero attached hydrogens (tertiary/aromatic N) is 1. The molecule has 0 aromatic heterocycles. The molecule has 0 atom stereocenters. The van der Waals surface area contributed by atoms with E-state index in [1.165, 1.54) is 12.1 Å². The third-order valence-electron chi connectivity index (χ3n) is 4.16. The number of aliphatic imine (C=N–C) groups is 1. The molecule has 2 aromatic carbocycles. The maximum Gasteiger partial charge on any atom is 0.422 e. The van der Waals surface area contributed by atoms with Crippen molar-refractivity contribution in [2.24, 2.45) is 4.99 Å². The maximum absolute atomic E-state index is 12.2. The molecule has 0 saturated carbocycles. The van der Waals surface area contributed by atoms with Crippen LogP contribution in [0.25, 0.3) is 0 Å². The first-order chi connectivity index (χ1) is 14.3. The lowest BCUT2D eigenvalue weighted by molar-refractivity contribution is -0.153. The first kappa shape index (κ1) is 26.7. The molecule has 6 nitrogen and oxygen atoms in total. The van der Waals surface area contributed by atoms with Gasteiger partial charge in [-0.1, -0.05) is 18.2 Å². The number of hydrogen-bond donors (Lipinski definition) is 2. The molecule has 0 radical (unpaired) electrons. The average molecular weight is 553 g/mol. The van der Waals surface area contributed by atoms with Gasteiger partial charge in [-0.05, 0) is 41.8 Å². The molecular weight excluding hydrogens is 526 g/mol. The summed E-state index contributed by atoms with van der Waals surface area (Å²) in [5, 5.41) is 6.38. The molecule has 0 aliphatic rings. The number of guanidine groups is 1. The molecule has 0 heterocycles. The fourth-order valence-electron chi connectivity index (χ4n) is 2.64. The predicted molar refractivity (Wildman–Crippen MR) is 125 cm³/mol. The van der Waals surface area contributed by atoms with E-state index in [1.54, 1.807) is 33.4 Å². The molecule has 0 aliphatic carbocycles. The summed E-state index contributed by atoms with van der Waals surface area (Å²) in [5.41, 5.74) is 1.97. The SMILES string of the molecule is CN=C(NCCc1ccc(OC)c(OC)c1)NCc1ccc(OCC(F)(F)F)cc1.I. The van der Waals surface area contributed by atoms with E-state index in [-0.39, 0.29) is 29.7 Å². The van der Waals surface area contributed by atoms with Crippen LogP contribution >= 0.6 is 24.0 Å². The van der Waals surface area contributed by atoms with Crippen molar-refractivity contribution in [2.75, 3.05) is 34.4 Å². The zero-order valence-electron chi connectivity index (χ0n) is 17.6. The van der Waals surface area contributed by atoms with Gasteiger partial charge in [-0.15, -0.1) is 24.0 Å². The first-order valence-corrected chi connectivity index (χ1v) is 9.28. The second-order valence-corrected chi connectivity index (χ2v) is 6.34. The van der Waals surface area contributed by atoms with E-state index in [1.807, 2.05) is 18.2 Å². The number of halogens is 4. The molecule has 0 unspecified atom stereocenters. The number of benzene rings is 2. The zero-order valence-corrected chi connectivity index (χ0v) is 19.9. The van der Waals surface area contributed by atoms with Crippen molar-refractivity contribution in [3.05, 3.63) is 53.6 Å². The predicted octanol–water partition coefficient (Wildman–Crippen LogP) is 4.17. The van der Waals surface area contributed by atoms with Gasteiger partial charge in [0, 0.05) is 20.1 Å². The lowest BCUT2D eigenvalue weighted by atomic mass is 10.1. The molecule has 0 bridgehead atoms. The minimum Gasteiger partial charge on any atom is -0.493 e. The van der Waals surface area contributed by atoms with Gasteiger partial charge in [0.15, 0.2) is 24.1 Å². The molecule has 31 heavy (non-hydrogen) atoms. The van der Waals surface area contributed by atoms with Crippen LogP contribution in [0, 0.1) is 0 Å². The Bertz CT molecular complexity index is 831. The van der Waals surface area contributed by atoms with Crippen LogP contribution in [0.2, 0.25) is 0 Å². The number of hydrogen-bond acceptors (Lipinski definition) is 4. The summed E-state index contributed by atoms with van der Waals surface area (Å²) < 4.78 is 51.8. The Morgan fingerprint density at radius 1 is 0.935 bits per heavy atom. The van der Waals surface area contributed by atoms with Gasteiger partial charge in [-0.2, -0.15) is 13.2 Å². The standard InChI is InChI=1S/C21H26F3N3O3.HI/c1-25-20(26-11-10-15-6-9-18(28-2)19(12-15)29-3)27-13-16-4-7-17(8-5-16)30-14-21(22,23)24;/h4-9,12H,10-11,13-14H2,1-3H3,(H2,25,26,27);1H. The molecule has 0 saturated heterocycles. The molecule has 0 fully saturated rings. The molecule has 0 spiro atoms. The van der Waals surface area contributed by atoms with Gasteiger partial charge < -0.3 is 24.8 Å². The normalized spacial score (nSPS) is 11.4. The van der Waals surface area contributed by atoms with E-state index < -0.39 is 12.8 Å². The van der Waals surface area contributed by atoms with Gasteiger partial charge in [0.25, 0.3) is 0 Å². The van der Waals surface area contributed by atoms with Crippen molar-refractivity contribution in [1.82, 2.24) is 10.6 Å². The van der Waals surface area contributed by atoms with E-state index in [9.17, 15) is 13.2 Å². The van der Waals surface area contributed by atoms with Gasteiger partial charge in [-0.3, -0.25) is 4.99 Å². The molecule has 0 aliphatic heterocycles. The Balaban J connectivity index is 0.00000480. The van der Waals surface area contributed by atoms with Crippen molar-refractivity contribution >= 4 is 29.9 Å². The van der Waals surface area contributed by atoms with Gasteiger partial charge in [-0.25, -0.2) is 0 Å². The summed E-state index contributed by atoms with van der Waals surface area (Å²) in [4.78, 5) is 4.17. The summed E-state index contributed by atoms with van der Waals surface area (Å²) in [6.07, 6.45) is -3.60. The zero-order chi connectivity index (χ0) is 22.0. The summed E-state index contributed by atoms with van der Waals surface area (Å²) >= 11 is 0. The topological polar surface area (TPSA) is 64.1 Å². The Hall–Kier alpha value is -2.37. The highest BCUT2D eigenvalue weighted by Crippen LogP contribution is 2.27. The third-order valence-corrected chi connectivity index (χ3v) is 4.16. The highest BCUT2D eigenvalue weighted by Gasteiger charge is 2.28. The van der Waals surface area contributed by atoms with E-state index in [4.69, 9.17) is 14.2 Å². The van der Waals surface area contributed by atoms with Gasteiger partial charge in [0.2, 0.25) is 0 Å².